The monoisotopic (exact) mass is 295 g/mol. The lowest BCUT2D eigenvalue weighted by Crippen LogP contribution is -1.96. The van der Waals surface area contributed by atoms with Gasteiger partial charge in [-0.05, 0) is 24.3 Å². The fourth-order valence-corrected chi connectivity index (χ4v) is 2.36. The van der Waals surface area contributed by atoms with Gasteiger partial charge in [0.05, 0.1) is 16.8 Å². The lowest BCUT2D eigenvalue weighted by molar-refractivity contribution is 0.0697. The molecule has 4 rings (SSSR count). The third kappa shape index (κ3) is 1.87. The summed E-state index contributed by atoms with van der Waals surface area (Å²) in [5.41, 5.74) is 3.21. The molecule has 1 aromatic carbocycles. The van der Waals surface area contributed by atoms with Crippen molar-refractivity contribution in [2.75, 3.05) is 0 Å². The Morgan fingerprint density at radius 3 is 2.95 bits per heavy atom. The Bertz CT molecular complexity index is 1090. The van der Waals surface area contributed by atoms with Crippen molar-refractivity contribution >= 4 is 22.7 Å². The van der Waals surface area contributed by atoms with E-state index in [2.05, 4.69) is 9.97 Å². The molecule has 3 heterocycles. The summed E-state index contributed by atoms with van der Waals surface area (Å²) in [5.74, 6) is -1.50. The van der Waals surface area contributed by atoms with Crippen LogP contribution in [-0.2, 0) is 0 Å². The normalized spacial score (nSPS) is 11.3. The van der Waals surface area contributed by atoms with Gasteiger partial charge in [-0.25, -0.2) is 14.6 Å². The van der Waals surface area contributed by atoms with E-state index in [1.165, 1.54) is 12.1 Å². The lowest BCUT2D eigenvalue weighted by Gasteiger charge is -1.94. The van der Waals surface area contributed by atoms with Crippen LogP contribution in [0.3, 0.4) is 0 Å². The Morgan fingerprint density at radius 1 is 1.27 bits per heavy atom. The topological polar surface area (TPSA) is 101 Å². The van der Waals surface area contributed by atoms with E-state index in [-0.39, 0.29) is 5.56 Å². The predicted octanol–water partition coefficient (Wildman–Crippen LogP) is 2.13. The van der Waals surface area contributed by atoms with Gasteiger partial charge in [0.2, 0.25) is 0 Å². The molecule has 4 aromatic rings. The Hall–Kier alpha value is -3.35. The highest BCUT2D eigenvalue weighted by molar-refractivity contribution is 5.89. The van der Waals surface area contributed by atoms with E-state index in [0.29, 0.717) is 22.4 Å². The summed E-state index contributed by atoms with van der Waals surface area (Å²) in [6, 6.07) is 8.28. The van der Waals surface area contributed by atoms with E-state index in [1.807, 2.05) is 6.07 Å². The van der Waals surface area contributed by atoms with Crippen molar-refractivity contribution in [2.24, 2.45) is 0 Å². The van der Waals surface area contributed by atoms with Crippen molar-refractivity contribution in [1.29, 1.82) is 0 Å². The van der Waals surface area contributed by atoms with Gasteiger partial charge >= 0.3 is 11.7 Å². The zero-order valence-electron chi connectivity index (χ0n) is 11.1. The average molecular weight is 295 g/mol. The van der Waals surface area contributed by atoms with Crippen LogP contribution in [0.5, 0.6) is 0 Å². The number of fused-ring (bicyclic) bond motifs is 2. The van der Waals surface area contributed by atoms with Crippen LogP contribution in [-0.4, -0.2) is 25.4 Å². The number of aromatic nitrogens is 3. The smallest absolute Gasteiger partial charge is 0.417 e. The summed E-state index contributed by atoms with van der Waals surface area (Å²) in [6.45, 7) is 0. The third-order valence-corrected chi connectivity index (χ3v) is 3.42. The molecule has 108 valence electrons. The number of pyridine rings is 1. The van der Waals surface area contributed by atoms with Gasteiger partial charge in [0.1, 0.15) is 5.65 Å². The summed E-state index contributed by atoms with van der Waals surface area (Å²) in [5, 5.41) is 9.01. The minimum atomic E-state index is -0.998. The molecule has 2 N–H and O–H groups in total. The second-order valence-corrected chi connectivity index (χ2v) is 4.84. The largest absolute Gasteiger partial charge is 0.478 e. The first-order valence-corrected chi connectivity index (χ1v) is 6.45. The van der Waals surface area contributed by atoms with Crippen LogP contribution in [0.2, 0.25) is 0 Å². The second kappa shape index (κ2) is 4.32. The molecule has 0 aliphatic heterocycles. The van der Waals surface area contributed by atoms with Crippen LogP contribution in [0.25, 0.3) is 28.0 Å². The number of benzene rings is 1. The average Bonchev–Trinajstić information content (AvgIpc) is 3.07. The zero-order chi connectivity index (χ0) is 15.3. The SMILES string of the molecule is O=C(O)c1ccn2cc(-c3ccc4[nH]c(=O)oc4c3)nc2c1. The molecule has 0 aliphatic carbocycles. The number of carboxylic acid groups (broad SMARTS) is 1. The van der Waals surface area contributed by atoms with Gasteiger partial charge in [0.25, 0.3) is 0 Å². The molecule has 0 amide bonds. The van der Waals surface area contributed by atoms with Crippen LogP contribution >= 0.6 is 0 Å². The molecule has 0 aliphatic rings. The van der Waals surface area contributed by atoms with Crippen LogP contribution in [0.4, 0.5) is 0 Å². The van der Waals surface area contributed by atoms with Gasteiger partial charge in [-0.2, -0.15) is 0 Å². The number of carboxylic acids is 1. The van der Waals surface area contributed by atoms with Gasteiger partial charge in [0, 0.05) is 18.0 Å². The van der Waals surface area contributed by atoms with Gasteiger partial charge in [-0.1, -0.05) is 6.07 Å². The standard InChI is InChI=1S/C15H9N3O4/c19-14(20)9-3-4-18-7-11(16-13(18)6-9)8-1-2-10-12(5-8)22-15(21)17-10/h1-7H,(H,17,21)(H,19,20). The highest BCUT2D eigenvalue weighted by Gasteiger charge is 2.10. The summed E-state index contributed by atoms with van der Waals surface area (Å²) in [6.07, 6.45) is 3.43. The lowest BCUT2D eigenvalue weighted by atomic mass is 10.1. The molecule has 0 spiro atoms. The maximum atomic E-state index is 11.2. The van der Waals surface area contributed by atoms with E-state index in [9.17, 15) is 9.59 Å². The van der Waals surface area contributed by atoms with E-state index >= 15 is 0 Å². The first kappa shape index (κ1) is 12.4. The Morgan fingerprint density at radius 2 is 2.14 bits per heavy atom. The van der Waals surface area contributed by atoms with Crippen LogP contribution < -0.4 is 5.76 Å². The number of hydrogen-bond acceptors (Lipinski definition) is 4. The number of carbonyl (C=O) groups is 1. The van der Waals surface area contributed by atoms with Gasteiger partial charge in [-0.3, -0.25) is 4.98 Å². The maximum Gasteiger partial charge on any atom is 0.417 e. The van der Waals surface area contributed by atoms with E-state index < -0.39 is 11.7 Å². The first-order chi connectivity index (χ1) is 10.6. The van der Waals surface area contributed by atoms with Crippen LogP contribution in [0.1, 0.15) is 10.4 Å². The van der Waals surface area contributed by atoms with Crippen molar-refractivity contribution in [3.63, 3.8) is 0 Å². The predicted molar refractivity (Wildman–Crippen MR) is 78.0 cm³/mol. The van der Waals surface area contributed by atoms with Gasteiger partial charge < -0.3 is 13.9 Å². The summed E-state index contributed by atoms with van der Waals surface area (Å²) >= 11 is 0. The molecule has 22 heavy (non-hydrogen) atoms. The number of rotatable bonds is 2. The quantitative estimate of drug-likeness (QED) is 0.590. The fourth-order valence-electron chi connectivity index (χ4n) is 2.36. The number of oxazole rings is 1. The Labute approximate surface area is 122 Å². The summed E-state index contributed by atoms with van der Waals surface area (Å²) < 4.78 is 6.77. The fraction of sp³-hybridized carbons (Fsp3) is 0. The summed E-state index contributed by atoms with van der Waals surface area (Å²) in [7, 11) is 0. The highest BCUT2D eigenvalue weighted by Crippen LogP contribution is 2.23. The van der Waals surface area contributed by atoms with Crippen molar-refractivity contribution in [3.05, 3.63) is 58.8 Å². The molecule has 0 saturated carbocycles. The van der Waals surface area contributed by atoms with E-state index in [0.717, 1.165) is 5.56 Å². The number of aromatic carboxylic acids is 1. The van der Waals surface area contributed by atoms with Crippen molar-refractivity contribution < 1.29 is 14.3 Å². The van der Waals surface area contributed by atoms with Crippen LogP contribution in [0.15, 0.2) is 51.9 Å². The first-order valence-electron chi connectivity index (χ1n) is 6.45. The molecular weight excluding hydrogens is 286 g/mol. The van der Waals surface area contributed by atoms with Crippen LogP contribution in [0, 0.1) is 0 Å². The minimum Gasteiger partial charge on any atom is -0.478 e. The Balaban J connectivity index is 1.87. The molecule has 0 fully saturated rings. The molecular formula is C15H9N3O4. The molecule has 0 radical (unpaired) electrons. The van der Waals surface area contributed by atoms with Crippen molar-refractivity contribution in [3.8, 4) is 11.3 Å². The molecule has 3 aromatic heterocycles. The van der Waals surface area contributed by atoms with Crippen molar-refractivity contribution in [2.45, 2.75) is 0 Å². The van der Waals surface area contributed by atoms with Gasteiger partial charge in [0.15, 0.2) is 5.58 Å². The number of nitrogens with zero attached hydrogens (tertiary/aromatic N) is 2. The third-order valence-electron chi connectivity index (χ3n) is 3.42. The number of aromatic amines is 1. The molecule has 0 bridgehead atoms. The summed E-state index contributed by atoms with van der Waals surface area (Å²) in [4.78, 5) is 29.1. The molecule has 7 nitrogen and oxygen atoms in total. The number of H-pyrrole nitrogens is 1. The maximum absolute atomic E-state index is 11.2. The minimum absolute atomic E-state index is 0.178. The number of imidazole rings is 1. The number of nitrogens with one attached hydrogen (secondary N) is 1. The number of hydrogen-bond donors (Lipinski definition) is 2. The highest BCUT2D eigenvalue weighted by atomic mass is 16.4. The molecule has 0 saturated heterocycles. The van der Waals surface area contributed by atoms with Gasteiger partial charge in [-0.15, -0.1) is 0 Å². The van der Waals surface area contributed by atoms with E-state index in [4.69, 9.17) is 9.52 Å². The zero-order valence-corrected chi connectivity index (χ0v) is 11.1. The Kier molecular flexibility index (Phi) is 2.43. The molecule has 0 atom stereocenters. The molecule has 7 heteroatoms. The van der Waals surface area contributed by atoms with E-state index in [1.54, 1.807) is 28.9 Å². The molecule has 0 unspecified atom stereocenters. The van der Waals surface area contributed by atoms with Crippen molar-refractivity contribution in [1.82, 2.24) is 14.4 Å². The second-order valence-electron chi connectivity index (χ2n) is 4.84.